The van der Waals surface area contributed by atoms with Crippen LogP contribution in [0.3, 0.4) is 0 Å². The molecular weight excluding hydrogens is 262 g/mol. The zero-order valence-electron chi connectivity index (χ0n) is 11.6. The molecule has 1 amide bonds. The number of carbonyl (C=O) groups is 1. The molecular formula is C14H22ClN3O. The van der Waals surface area contributed by atoms with E-state index in [1.165, 1.54) is 0 Å². The van der Waals surface area contributed by atoms with Crippen LogP contribution in [-0.2, 0) is 0 Å². The summed E-state index contributed by atoms with van der Waals surface area (Å²) in [6, 6.07) is 4.91. The highest BCUT2D eigenvalue weighted by molar-refractivity contribution is 6.31. The van der Waals surface area contributed by atoms with E-state index >= 15 is 0 Å². The summed E-state index contributed by atoms with van der Waals surface area (Å²) in [6.07, 6.45) is 0.931. The van der Waals surface area contributed by atoms with Crippen LogP contribution in [0.5, 0.6) is 0 Å². The summed E-state index contributed by atoms with van der Waals surface area (Å²) in [6.45, 7) is 7.98. The lowest BCUT2D eigenvalue weighted by molar-refractivity contribution is 0.0952. The van der Waals surface area contributed by atoms with Crippen molar-refractivity contribution in [3.8, 4) is 0 Å². The van der Waals surface area contributed by atoms with Gasteiger partial charge in [0.1, 0.15) is 0 Å². The number of nitrogen functional groups attached to an aromatic ring is 1. The van der Waals surface area contributed by atoms with Crippen molar-refractivity contribution < 1.29 is 4.79 Å². The van der Waals surface area contributed by atoms with Crippen LogP contribution in [0.25, 0.3) is 0 Å². The first kappa shape index (κ1) is 15.8. The van der Waals surface area contributed by atoms with Crippen molar-refractivity contribution in [1.29, 1.82) is 0 Å². The fraction of sp³-hybridized carbons (Fsp3) is 0.500. The molecule has 0 unspecified atom stereocenters. The van der Waals surface area contributed by atoms with Crippen LogP contribution in [0.2, 0.25) is 5.02 Å². The lowest BCUT2D eigenvalue weighted by Crippen LogP contribution is -2.30. The van der Waals surface area contributed by atoms with Gasteiger partial charge in [0.25, 0.3) is 5.91 Å². The van der Waals surface area contributed by atoms with E-state index in [2.05, 4.69) is 24.1 Å². The first-order valence-electron chi connectivity index (χ1n) is 6.64. The third kappa shape index (κ3) is 5.09. The maximum absolute atomic E-state index is 11.9. The largest absolute Gasteiger partial charge is 0.398 e. The number of nitrogens with two attached hydrogens (primary N) is 1. The molecule has 0 saturated heterocycles. The lowest BCUT2D eigenvalue weighted by atomic mass is 10.1. The Bertz CT molecular complexity index is 419. The average Bonchev–Trinajstić information content (AvgIpc) is 2.38. The van der Waals surface area contributed by atoms with Crippen molar-refractivity contribution in [2.75, 3.05) is 31.9 Å². The predicted octanol–water partition coefficient (Wildman–Crippen LogP) is 2.38. The Morgan fingerprint density at radius 2 is 2.05 bits per heavy atom. The summed E-state index contributed by atoms with van der Waals surface area (Å²) in [5.41, 5.74) is 6.65. The normalized spacial score (nSPS) is 10.7. The van der Waals surface area contributed by atoms with Gasteiger partial charge in [-0.2, -0.15) is 0 Å². The van der Waals surface area contributed by atoms with Crippen molar-refractivity contribution in [2.24, 2.45) is 0 Å². The Labute approximate surface area is 119 Å². The van der Waals surface area contributed by atoms with Gasteiger partial charge < -0.3 is 16.0 Å². The molecule has 0 aliphatic rings. The fourth-order valence-electron chi connectivity index (χ4n) is 1.88. The average molecular weight is 284 g/mol. The van der Waals surface area contributed by atoms with E-state index in [1.807, 2.05) is 0 Å². The second-order valence-electron chi connectivity index (χ2n) is 4.37. The first-order valence-corrected chi connectivity index (χ1v) is 7.01. The van der Waals surface area contributed by atoms with Gasteiger partial charge in [0.2, 0.25) is 0 Å². The molecule has 0 atom stereocenters. The maximum Gasteiger partial charge on any atom is 0.253 e. The van der Waals surface area contributed by atoms with Crippen molar-refractivity contribution in [3.05, 3.63) is 28.8 Å². The van der Waals surface area contributed by atoms with Gasteiger partial charge in [0.05, 0.1) is 5.56 Å². The topological polar surface area (TPSA) is 58.4 Å². The number of hydrogen-bond donors (Lipinski definition) is 2. The van der Waals surface area contributed by atoms with Crippen LogP contribution >= 0.6 is 11.6 Å². The summed E-state index contributed by atoms with van der Waals surface area (Å²) >= 11 is 5.80. The quantitative estimate of drug-likeness (QED) is 0.597. The zero-order valence-corrected chi connectivity index (χ0v) is 12.3. The number of anilines is 1. The van der Waals surface area contributed by atoms with Crippen molar-refractivity contribution in [3.63, 3.8) is 0 Å². The van der Waals surface area contributed by atoms with Gasteiger partial charge in [-0.15, -0.1) is 0 Å². The van der Waals surface area contributed by atoms with Crippen LogP contribution in [0.15, 0.2) is 18.2 Å². The van der Waals surface area contributed by atoms with E-state index in [9.17, 15) is 4.79 Å². The minimum atomic E-state index is -0.145. The molecule has 1 rings (SSSR count). The van der Waals surface area contributed by atoms with Gasteiger partial charge in [0.15, 0.2) is 0 Å². The molecule has 0 aliphatic carbocycles. The van der Waals surface area contributed by atoms with Gasteiger partial charge in [-0.1, -0.05) is 25.4 Å². The summed E-state index contributed by atoms with van der Waals surface area (Å²) in [7, 11) is 0. The minimum Gasteiger partial charge on any atom is -0.398 e. The van der Waals surface area contributed by atoms with E-state index in [4.69, 9.17) is 17.3 Å². The van der Waals surface area contributed by atoms with E-state index in [0.29, 0.717) is 22.8 Å². The SMILES string of the molecule is CCN(CC)CCCNC(=O)c1ccc(Cl)cc1N. The molecule has 1 aromatic rings. The lowest BCUT2D eigenvalue weighted by Gasteiger charge is -2.17. The van der Waals surface area contributed by atoms with Gasteiger partial charge in [-0.05, 0) is 44.3 Å². The van der Waals surface area contributed by atoms with Crippen LogP contribution in [-0.4, -0.2) is 37.0 Å². The number of rotatable bonds is 7. The molecule has 19 heavy (non-hydrogen) atoms. The Kier molecular flexibility index (Phi) is 6.67. The summed E-state index contributed by atoms with van der Waals surface area (Å²) < 4.78 is 0. The van der Waals surface area contributed by atoms with Crippen LogP contribution in [0, 0.1) is 0 Å². The van der Waals surface area contributed by atoms with Gasteiger partial charge >= 0.3 is 0 Å². The number of halogens is 1. The summed E-state index contributed by atoms with van der Waals surface area (Å²) in [5.74, 6) is -0.145. The first-order chi connectivity index (χ1) is 9.08. The maximum atomic E-state index is 11.9. The number of nitrogens with one attached hydrogen (secondary N) is 1. The summed E-state index contributed by atoms with van der Waals surface area (Å²) in [4.78, 5) is 14.2. The number of hydrogen-bond acceptors (Lipinski definition) is 3. The van der Waals surface area contributed by atoms with Crippen LogP contribution < -0.4 is 11.1 Å². The number of benzene rings is 1. The standard InChI is InChI=1S/C14H22ClN3O/c1-3-18(4-2)9-5-8-17-14(19)12-7-6-11(15)10-13(12)16/h6-7,10H,3-5,8-9,16H2,1-2H3,(H,17,19). The van der Waals surface area contributed by atoms with E-state index in [0.717, 1.165) is 26.1 Å². The smallest absolute Gasteiger partial charge is 0.253 e. The van der Waals surface area contributed by atoms with Crippen LogP contribution in [0.1, 0.15) is 30.6 Å². The number of nitrogens with zero attached hydrogens (tertiary/aromatic N) is 1. The highest BCUT2D eigenvalue weighted by Gasteiger charge is 2.09. The Morgan fingerprint density at radius 1 is 1.37 bits per heavy atom. The molecule has 0 radical (unpaired) electrons. The molecule has 1 aromatic carbocycles. The molecule has 0 bridgehead atoms. The third-order valence-electron chi connectivity index (χ3n) is 3.09. The highest BCUT2D eigenvalue weighted by atomic mass is 35.5. The van der Waals surface area contributed by atoms with Gasteiger partial charge in [0, 0.05) is 17.3 Å². The predicted molar refractivity (Wildman–Crippen MR) is 80.6 cm³/mol. The number of amides is 1. The zero-order chi connectivity index (χ0) is 14.3. The Hall–Kier alpha value is -1.26. The molecule has 3 N–H and O–H groups in total. The molecule has 0 aromatic heterocycles. The third-order valence-corrected chi connectivity index (χ3v) is 3.32. The summed E-state index contributed by atoms with van der Waals surface area (Å²) in [5, 5.41) is 3.41. The number of carbonyl (C=O) groups excluding carboxylic acids is 1. The van der Waals surface area contributed by atoms with Crippen molar-refractivity contribution in [1.82, 2.24) is 10.2 Å². The molecule has 0 saturated carbocycles. The molecule has 5 heteroatoms. The molecule has 0 fully saturated rings. The van der Waals surface area contributed by atoms with Crippen LogP contribution in [0.4, 0.5) is 5.69 Å². The molecule has 106 valence electrons. The van der Waals surface area contributed by atoms with Crippen molar-refractivity contribution in [2.45, 2.75) is 20.3 Å². The Morgan fingerprint density at radius 3 is 2.63 bits per heavy atom. The fourth-order valence-corrected chi connectivity index (χ4v) is 2.06. The molecule has 0 heterocycles. The Balaban J connectivity index is 2.39. The van der Waals surface area contributed by atoms with E-state index in [-0.39, 0.29) is 5.91 Å². The molecule has 0 aliphatic heterocycles. The second-order valence-corrected chi connectivity index (χ2v) is 4.80. The second kappa shape index (κ2) is 8.02. The monoisotopic (exact) mass is 283 g/mol. The van der Waals surface area contributed by atoms with Gasteiger partial charge in [-0.3, -0.25) is 4.79 Å². The van der Waals surface area contributed by atoms with E-state index in [1.54, 1.807) is 18.2 Å². The van der Waals surface area contributed by atoms with E-state index < -0.39 is 0 Å². The highest BCUT2D eigenvalue weighted by Crippen LogP contribution is 2.17. The minimum absolute atomic E-state index is 0.145. The molecule has 0 spiro atoms. The van der Waals surface area contributed by atoms with Crippen molar-refractivity contribution >= 4 is 23.2 Å². The molecule has 4 nitrogen and oxygen atoms in total. The van der Waals surface area contributed by atoms with Gasteiger partial charge in [-0.25, -0.2) is 0 Å².